The van der Waals surface area contributed by atoms with Crippen LogP contribution in [0.5, 0.6) is 0 Å². The summed E-state index contributed by atoms with van der Waals surface area (Å²) in [6.07, 6.45) is 0. The van der Waals surface area contributed by atoms with E-state index in [0.29, 0.717) is 4.88 Å². The summed E-state index contributed by atoms with van der Waals surface area (Å²) in [6.45, 7) is 3.71. The van der Waals surface area contributed by atoms with E-state index in [9.17, 15) is 9.18 Å². The van der Waals surface area contributed by atoms with Crippen molar-refractivity contribution in [2.45, 2.75) is 13.8 Å². The van der Waals surface area contributed by atoms with E-state index in [1.807, 2.05) is 6.92 Å². The summed E-state index contributed by atoms with van der Waals surface area (Å²) in [5.74, 6) is -0.716. The zero-order valence-corrected chi connectivity index (χ0v) is 12.3. The van der Waals surface area contributed by atoms with Gasteiger partial charge in [0.15, 0.2) is 0 Å². The summed E-state index contributed by atoms with van der Waals surface area (Å²) >= 11 is 4.69. The molecule has 0 aliphatic rings. The van der Waals surface area contributed by atoms with Gasteiger partial charge in [-0.1, -0.05) is 6.07 Å². The molecule has 18 heavy (non-hydrogen) atoms. The third kappa shape index (κ3) is 2.79. The molecule has 0 aliphatic heterocycles. The molecule has 1 N–H and O–H groups in total. The SMILES string of the molecule is Cc1ccc(NC(=O)c2cc(C)c(Br)s2)c(F)c1. The molecule has 0 saturated heterocycles. The third-order valence-electron chi connectivity index (χ3n) is 2.45. The summed E-state index contributed by atoms with van der Waals surface area (Å²) in [7, 11) is 0. The number of halogens is 2. The number of benzene rings is 1. The molecule has 0 bridgehead atoms. The average Bonchev–Trinajstić information content (AvgIpc) is 2.63. The van der Waals surface area contributed by atoms with Crippen LogP contribution >= 0.6 is 27.3 Å². The molecular weight excluding hydrogens is 317 g/mol. The highest BCUT2D eigenvalue weighted by molar-refractivity contribution is 9.11. The zero-order chi connectivity index (χ0) is 13.3. The summed E-state index contributed by atoms with van der Waals surface area (Å²) in [5.41, 5.74) is 2.02. The smallest absolute Gasteiger partial charge is 0.265 e. The highest BCUT2D eigenvalue weighted by Gasteiger charge is 2.13. The second kappa shape index (κ2) is 5.20. The van der Waals surface area contributed by atoms with E-state index in [0.717, 1.165) is 14.9 Å². The van der Waals surface area contributed by atoms with Gasteiger partial charge in [0.2, 0.25) is 0 Å². The maximum Gasteiger partial charge on any atom is 0.265 e. The number of hydrogen-bond acceptors (Lipinski definition) is 2. The van der Waals surface area contributed by atoms with Crippen molar-refractivity contribution >= 4 is 38.9 Å². The molecule has 5 heteroatoms. The first-order valence-electron chi connectivity index (χ1n) is 5.31. The van der Waals surface area contributed by atoms with Gasteiger partial charge in [0.05, 0.1) is 14.4 Å². The van der Waals surface area contributed by atoms with Gasteiger partial charge >= 0.3 is 0 Å². The fourth-order valence-electron chi connectivity index (χ4n) is 1.48. The Morgan fingerprint density at radius 1 is 1.33 bits per heavy atom. The van der Waals surface area contributed by atoms with Crippen LogP contribution in [0.2, 0.25) is 0 Å². The topological polar surface area (TPSA) is 29.1 Å². The minimum Gasteiger partial charge on any atom is -0.319 e. The number of aryl methyl sites for hydroxylation is 2. The molecule has 2 aromatic rings. The quantitative estimate of drug-likeness (QED) is 0.863. The maximum absolute atomic E-state index is 13.6. The summed E-state index contributed by atoms with van der Waals surface area (Å²) in [4.78, 5) is 12.5. The molecule has 1 heterocycles. The highest BCUT2D eigenvalue weighted by atomic mass is 79.9. The molecule has 1 aromatic carbocycles. The second-order valence-electron chi connectivity index (χ2n) is 4.00. The molecule has 1 amide bonds. The van der Waals surface area contributed by atoms with Crippen molar-refractivity contribution in [2.24, 2.45) is 0 Å². The Morgan fingerprint density at radius 2 is 2.06 bits per heavy atom. The van der Waals surface area contributed by atoms with E-state index in [1.54, 1.807) is 25.1 Å². The number of rotatable bonds is 2. The summed E-state index contributed by atoms with van der Waals surface area (Å²) < 4.78 is 14.5. The van der Waals surface area contributed by atoms with Gasteiger partial charge in [-0.15, -0.1) is 11.3 Å². The van der Waals surface area contributed by atoms with Gasteiger partial charge in [-0.25, -0.2) is 4.39 Å². The van der Waals surface area contributed by atoms with Crippen molar-refractivity contribution in [1.29, 1.82) is 0 Å². The highest BCUT2D eigenvalue weighted by Crippen LogP contribution is 2.28. The number of hydrogen-bond donors (Lipinski definition) is 1. The normalized spacial score (nSPS) is 10.4. The third-order valence-corrected chi connectivity index (χ3v) is 4.59. The van der Waals surface area contributed by atoms with Crippen molar-refractivity contribution < 1.29 is 9.18 Å². The first-order valence-corrected chi connectivity index (χ1v) is 6.92. The van der Waals surface area contributed by atoms with Crippen molar-refractivity contribution in [3.8, 4) is 0 Å². The molecule has 0 spiro atoms. The average molecular weight is 328 g/mol. The van der Waals surface area contributed by atoms with E-state index < -0.39 is 5.82 Å². The number of thiophene rings is 1. The van der Waals surface area contributed by atoms with Crippen LogP contribution in [0.4, 0.5) is 10.1 Å². The molecule has 0 radical (unpaired) electrons. The molecule has 2 nitrogen and oxygen atoms in total. The van der Waals surface area contributed by atoms with Crippen LogP contribution in [0.25, 0.3) is 0 Å². The number of carbonyl (C=O) groups excluding carboxylic acids is 1. The predicted octanol–water partition coefficient (Wildman–Crippen LogP) is 4.52. The van der Waals surface area contributed by atoms with E-state index in [1.165, 1.54) is 17.4 Å². The van der Waals surface area contributed by atoms with E-state index in [-0.39, 0.29) is 11.6 Å². The molecule has 0 saturated carbocycles. The van der Waals surface area contributed by atoms with Gasteiger partial charge in [0.25, 0.3) is 5.91 Å². The number of nitrogens with one attached hydrogen (secondary N) is 1. The Hall–Kier alpha value is -1.20. The summed E-state index contributed by atoms with van der Waals surface area (Å²) in [6, 6.07) is 6.49. The van der Waals surface area contributed by atoms with Crippen molar-refractivity contribution in [2.75, 3.05) is 5.32 Å². The maximum atomic E-state index is 13.6. The van der Waals surface area contributed by atoms with Gasteiger partial charge in [0, 0.05) is 0 Å². The van der Waals surface area contributed by atoms with Crippen molar-refractivity contribution in [3.63, 3.8) is 0 Å². The first kappa shape index (κ1) is 13.2. The fraction of sp³-hybridized carbons (Fsp3) is 0.154. The molecule has 0 atom stereocenters. The first-order chi connectivity index (χ1) is 8.47. The van der Waals surface area contributed by atoms with Gasteiger partial charge in [-0.05, 0) is 59.1 Å². The lowest BCUT2D eigenvalue weighted by molar-refractivity contribution is 0.103. The number of anilines is 1. The Morgan fingerprint density at radius 3 is 2.61 bits per heavy atom. The molecule has 1 aromatic heterocycles. The lowest BCUT2D eigenvalue weighted by Crippen LogP contribution is -2.11. The standard InChI is InChI=1S/C13H11BrFNOS/c1-7-3-4-10(9(15)5-7)16-13(17)11-6-8(2)12(14)18-11/h3-6H,1-2H3,(H,16,17). The van der Waals surface area contributed by atoms with Crippen LogP contribution in [0.3, 0.4) is 0 Å². The van der Waals surface area contributed by atoms with Gasteiger partial charge in [-0.3, -0.25) is 4.79 Å². The van der Waals surface area contributed by atoms with E-state index in [2.05, 4.69) is 21.2 Å². The van der Waals surface area contributed by atoms with Crippen LogP contribution in [0.1, 0.15) is 20.8 Å². The fourth-order valence-corrected chi connectivity index (χ4v) is 2.91. The van der Waals surface area contributed by atoms with E-state index in [4.69, 9.17) is 0 Å². The Kier molecular flexibility index (Phi) is 3.82. The minimum atomic E-state index is -0.421. The van der Waals surface area contributed by atoms with Crippen LogP contribution in [0.15, 0.2) is 28.1 Å². The van der Waals surface area contributed by atoms with Gasteiger partial charge in [0.1, 0.15) is 5.82 Å². The minimum absolute atomic E-state index is 0.202. The lowest BCUT2D eigenvalue weighted by Gasteiger charge is -2.05. The molecular formula is C13H11BrFNOS. The van der Waals surface area contributed by atoms with Crippen LogP contribution < -0.4 is 5.32 Å². The Labute approximate surface area is 117 Å². The molecule has 0 unspecified atom stereocenters. The Bertz CT molecular complexity index is 590. The second-order valence-corrected chi connectivity index (χ2v) is 6.37. The molecule has 2 rings (SSSR count). The van der Waals surface area contributed by atoms with Gasteiger partial charge < -0.3 is 5.32 Å². The van der Waals surface area contributed by atoms with Crippen molar-refractivity contribution in [1.82, 2.24) is 0 Å². The summed E-state index contributed by atoms with van der Waals surface area (Å²) in [5, 5.41) is 2.57. The van der Waals surface area contributed by atoms with E-state index >= 15 is 0 Å². The largest absolute Gasteiger partial charge is 0.319 e. The van der Waals surface area contributed by atoms with Crippen LogP contribution in [-0.2, 0) is 0 Å². The van der Waals surface area contributed by atoms with Crippen LogP contribution in [-0.4, -0.2) is 5.91 Å². The Balaban J connectivity index is 2.21. The molecule has 0 fully saturated rings. The number of amides is 1. The van der Waals surface area contributed by atoms with Crippen molar-refractivity contribution in [3.05, 3.63) is 49.9 Å². The van der Waals surface area contributed by atoms with Crippen LogP contribution in [0, 0.1) is 19.7 Å². The molecule has 0 aliphatic carbocycles. The van der Waals surface area contributed by atoms with Gasteiger partial charge in [-0.2, -0.15) is 0 Å². The molecule has 94 valence electrons. The predicted molar refractivity (Wildman–Crippen MR) is 75.8 cm³/mol. The zero-order valence-electron chi connectivity index (χ0n) is 9.88. The monoisotopic (exact) mass is 327 g/mol. The lowest BCUT2D eigenvalue weighted by atomic mass is 10.2. The number of carbonyl (C=O) groups is 1.